The molecule has 0 saturated heterocycles. The molecule has 0 bridgehead atoms. The van der Waals surface area contributed by atoms with Gasteiger partial charge in [0.2, 0.25) is 0 Å². The molecule has 1 aromatic heterocycles. The van der Waals surface area contributed by atoms with Crippen molar-refractivity contribution in [2.45, 2.75) is 13.0 Å². The third-order valence-electron chi connectivity index (χ3n) is 3.70. The quantitative estimate of drug-likeness (QED) is 0.689. The van der Waals surface area contributed by atoms with Crippen LogP contribution in [0.5, 0.6) is 0 Å². The van der Waals surface area contributed by atoms with E-state index in [-0.39, 0.29) is 11.9 Å². The maximum atomic E-state index is 13.6. The van der Waals surface area contributed by atoms with Crippen LogP contribution in [0.25, 0.3) is 10.1 Å². The largest absolute Gasteiger partial charge is 0.309 e. The second-order valence-corrected chi connectivity index (χ2v) is 6.35. The minimum atomic E-state index is -0.270. The summed E-state index contributed by atoms with van der Waals surface area (Å²) >= 11 is 7.97. The fraction of sp³-hybridized carbons (Fsp3) is 0.176. The van der Waals surface area contributed by atoms with E-state index in [1.165, 1.54) is 21.7 Å². The molecule has 0 spiro atoms. The number of aryl methyl sites for hydroxylation is 1. The smallest absolute Gasteiger partial charge is 0.127 e. The van der Waals surface area contributed by atoms with Crippen LogP contribution in [-0.4, -0.2) is 7.05 Å². The molecule has 1 N–H and O–H groups in total. The van der Waals surface area contributed by atoms with Gasteiger partial charge in [0.15, 0.2) is 0 Å². The van der Waals surface area contributed by atoms with E-state index in [4.69, 9.17) is 11.6 Å². The van der Waals surface area contributed by atoms with Crippen LogP contribution in [0, 0.1) is 12.7 Å². The normalized spacial score (nSPS) is 12.8. The van der Waals surface area contributed by atoms with Gasteiger partial charge in [-0.25, -0.2) is 4.39 Å². The highest BCUT2D eigenvalue weighted by Gasteiger charge is 2.20. The summed E-state index contributed by atoms with van der Waals surface area (Å²) in [6.45, 7) is 1.76. The molecule has 3 rings (SSSR count). The van der Waals surface area contributed by atoms with E-state index in [1.807, 2.05) is 25.2 Å². The molecule has 4 heteroatoms. The van der Waals surface area contributed by atoms with Crippen molar-refractivity contribution in [2.24, 2.45) is 0 Å². The van der Waals surface area contributed by atoms with E-state index in [2.05, 4.69) is 22.8 Å². The van der Waals surface area contributed by atoms with Crippen molar-refractivity contribution in [3.8, 4) is 0 Å². The van der Waals surface area contributed by atoms with Gasteiger partial charge in [-0.1, -0.05) is 29.8 Å². The number of thiophene rings is 1. The van der Waals surface area contributed by atoms with Gasteiger partial charge in [-0.2, -0.15) is 0 Å². The molecular formula is C17H15ClFNS. The van der Waals surface area contributed by atoms with Crippen LogP contribution >= 0.6 is 22.9 Å². The van der Waals surface area contributed by atoms with Crippen LogP contribution < -0.4 is 5.32 Å². The summed E-state index contributed by atoms with van der Waals surface area (Å²) in [5.74, 6) is -0.270. The zero-order chi connectivity index (χ0) is 15.0. The first-order valence-corrected chi connectivity index (χ1v) is 7.96. The van der Waals surface area contributed by atoms with Crippen LogP contribution in [0.1, 0.15) is 22.7 Å². The lowest BCUT2D eigenvalue weighted by Gasteiger charge is -2.19. The molecule has 1 nitrogen and oxygen atoms in total. The highest BCUT2D eigenvalue weighted by molar-refractivity contribution is 7.17. The summed E-state index contributed by atoms with van der Waals surface area (Å²) < 4.78 is 14.9. The lowest BCUT2D eigenvalue weighted by molar-refractivity contribution is 0.614. The molecule has 2 aromatic carbocycles. The highest BCUT2D eigenvalue weighted by atomic mass is 35.5. The Bertz CT molecular complexity index is 797. The SMILES string of the molecule is CNC(c1cc(C)c(F)cc1Cl)c1csc2ccccc12. The minimum Gasteiger partial charge on any atom is -0.309 e. The first-order chi connectivity index (χ1) is 10.1. The first kappa shape index (κ1) is 14.5. The maximum Gasteiger partial charge on any atom is 0.127 e. The Morgan fingerprint density at radius 1 is 1.19 bits per heavy atom. The van der Waals surface area contributed by atoms with Gasteiger partial charge in [0, 0.05) is 9.72 Å². The topological polar surface area (TPSA) is 12.0 Å². The summed E-state index contributed by atoms with van der Waals surface area (Å²) in [5.41, 5.74) is 2.68. The molecule has 1 unspecified atom stereocenters. The molecular weight excluding hydrogens is 305 g/mol. The van der Waals surface area contributed by atoms with E-state index >= 15 is 0 Å². The van der Waals surface area contributed by atoms with E-state index in [0.29, 0.717) is 10.6 Å². The average Bonchev–Trinajstić information content (AvgIpc) is 2.89. The van der Waals surface area contributed by atoms with Gasteiger partial charge >= 0.3 is 0 Å². The molecule has 0 fully saturated rings. The second-order valence-electron chi connectivity index (χ2n) is 5.03. The van der Waals surface area contributed by atoms with Gasteiger partial charge < -0.3 is 5.32 Å². The summed E-state index contributed by atoms with van der Waals surface area (Å²) in [6.07, 6.45) is 0. The Labute approximate surface area is 132 Å². The Morgan fingerprint density at radius 3 is 2.71 bits per heavy atom. The molecule has 0 radical (unpaired) electrons. The number of hydrogen-bond donors (Lipinski definition) is 1. The Hall–Kier alpha value is -1.42. The lowest BCUT2D eigenvalue weighted by atomic mass is 9.96. The lowest BCUT2D eigenvalue weighted by Crippen LogP contribution is -2.18. The second kappa shape index (κ2) is 5.76. The van der Waals surface area contributed by atoms with Crippen LogP contribution in [-0.2, 0) is 0 Å². The molecule has 108 valence electrons. The Morgan fingerprint density at radius 2 is 1.95 bits per heavy atom. The monoisotopic (exact) mass is 319 g/mol. The number of hydrogen-bond acceptors (Lipinski definition) is 2. The fourth-order valence-corrected chi connectivity index (χ4v) is 3.85. The number of benzene rings is 2. The van der Waals surface area contributed by atoms with Crippen molar-refractivity contribution in [3.05, 3.63) is 69.3 Å². The Kier molecular flexibility index (Phi) is 3.98. The van der Waals surface area contributed by atoms with E-state index in [9.17, 15) is 4.39 Å². The van der Waals surface area contributed by atoms with E-state index in [0.717, 1.165) is 5.56 Å². The maximum absolute atomic E-state index is 13.6. The van der Waals surface area contributed by atoms with Gasteiger partial charge in [0.25, 0.3) is 0 Å². The third kappa shape index (κ3) is 2.57. The molecule has 1 atom stereocenters. The van der Waals surface area contributed by atoms with E-state index < -0.39 is 0 Å². The fourth-order valence-electron chi connectivity index (χ4n) is 2.60. The molecule has 0 saturated carbocycles. The van der Waals surface area contributed by atoms with Crippen molar-refractivity contribution in [1.29, 1.82) is 0 Å². The van der Waals surface area contributed by atoms with Crippen molar-refractivity contribution < 1.29 is 4.39 Å². The van der Waals surface area contributed by atoms with Crippen LogP contribution in [0.4, 0.5) is 4.39 Å². The van der Waals surface area contributed by atoms with Crippen LogP contribution in [0.15, 0.2) is 41.8 Å². The van der Waals surface area contributed by atoms with Gasteiger partial charge in [0.1, 0.15) is 5.82 Å². The van der Waals surface area contributed by atoms with Crippen molar-refractivity contribution >= 4 is 33.0 Å². The first-order valence-electron chi connectivity index (χ1n) is 6.70. The van der Waals surface area contributed by atoms with E-state index in [1.54, 1.807) is 18.3 Å². The molecule has 0 aliphatic carbocycles. The summed E-state index contributed by atoms with van der Waals surface area (Å²) in [4.78, 5) is 0. The van der Waals surface area contributed by atoms with Gasteiger partial charge in [-0.05, 0) is 59.6 Å². The average molecular weight is 320 g/mol. The number of fused-ring (bicyclic) bond motifs is 1. The summed E-state index contributed by atoms with van der Waals surface area (Å²) in [7, 11) is 1.89. The van der Waals surface area contributed by atoms with Gasteiger partial charge in [0.05, 0.1) is 6.04 Å². The van der Waals surface area contributed by atoms with Crippen molar-refractivity contribution in [1.82, 2.24) is 5.32 Å². The highest BCUT2D eigenvalue weighted by Crippen LogP contribution is 2.36. The predicted molar refractivity (Wildman–Crippen MR) is 88.9 cm³/mol. The van der Waals surface area contributed by atoms with Gasteiger partial charge in [-0.15, -0.1) is 11.3 Å². The molecule has 0 aliphatic heterocycles. The standard InChI is InChI=1S/C17H15ClFNS/c1-10-7-12(14(18)8-15(10)19)17(20-2)13-9-21-16-6-4-3-5-11(13)16/h3-9,17,20H,1-2H3. The van der Waals surface area contributed by atoms with Crippen molar-refractivity contribution in [2.75, 3.05) is 7.05 Å². The summed E-state index contributed by atoms with van der Waals surface area (Å²) in [5, 5.41) is 7.10. The zero-order valence-electron chi connectivity index (χ0n) is 11.8. The number of halogens is 2. The van der Waals surface area contributed by atoms with Crippen LogP contribution in [0.2, 0.25) is 5.02 Å². The minimum absolute atomic E-state index is 0.0482. The summed E-state index contributed by atoms with van der Waals surface area (Å²) in [6, 6.07) is 11.4. The van der Waals surface area contributed by atoms with Crippen molar-refractivity contribution in [3.63, 3.8) is 0 Å². The molecule has 1 heterocycles. The molecule has 0 aliphatic rings. The molecule has 0 amide bonds. The van der Waals surface area contributed by atoms with Crippen LogP contribution in [0.3, 0.4) is 0 Å². The predicted octanol–water partition coefficient (Wildman–Crippen LogP) is 5.31. The zero-order valence-corrected chi connectivity index (χ0v) is 13.4. The Balaban J connectivity index is 2.17. The third-order valence-corrected chi connectivity index (χ3v) is 5.01. The van der Waals surface area contributed by atoms with Gasteiger partial charge in [-0.3, -0.25) is 0 Å². The molecule has 3 aromatic rings. The molecule has 21 heavy (non-hydrogen) atoms. The number of nitrogens with one attached hydrogen (secondary N) is 1. The number of rotatable bonds is 3.